The summed E-state index contributed by atoms with van der Waals surface area (Å²) in [5.74, 6) is 3.24. The maximum absolute atomic E-state index is 5.52. The Balaban J connectivity index is 1.64. The summed E-state index contributed by atoms with van der Waals surface area (Å²) in [6, 6.07) is 43.7. The maximum atomic E-state index is 5.52. The van der Waals surface area contributed by atoms with E-state index in [1.807, 2.05) is 36.4 Å². The molecule has 0 saturated heterocycles. The van der Waals surface area contributed by atoms with Gasteiger partial charge >= 0.3 is 0 Å². The van der Waals surface area contributed by atoms with Gasteiger partial charge in [-0.1, -0.05) is 48.5 Å². The molecule has 7 aromatic rings. The van der Waals surface area contributed by atoms with Crippen LogP contribution in [0.1, 0.15) is 0 Å². The van der Waals surface area contributed by atoms with Crippen LogP contribution in [0.15, 0.2) is 127 Å². The number of rotatable bonds is 7. The Morgan fingerprint density at radius 3 is 1.49 bits per heavy atom. The van der Waals surface area contributed by atoms with Gasteiger partial charge in [-0.2, -0.15) is 0 Å². The lowest BCUT2D eigenvalue weighted by Crippen LogP contribution is -2.01. The van der Waals surface area contributed by atoms with Crippen molar-refractivity contribution < 1.29 is 14.2 Å². The molecule has 0 fully saturated rings. The second kappa shape index (κ2) is 11.0. The van der Waals surface area contributed by atoms with Crippen LogP contribution < -0.4 is 14.2 Å². The van der Waals surface area contributed by atoms with E-state index in [1.54, 1.807) is 21.3 Å². The van der Waals surface area contributed by atoms with Crippen molar-refractivity contribution in [1.29, 1.82) is 0 Å². The van der Waals surface area contributed by atoms with Gasteiger partial charge in [-0.15, -0.1) is 0 Å². The molecule has 0 aliphatic heterocycles. The minimum atomic E-state index is 0.794. The Hall–Kier alpha value is -5.55. The number of methoxy groups -OCH3 is 3. The standard InChI is InChI=1S/C38H30N2O3/c1-41-30-18-12-25(13-19-30)36-37(26-14-20-31(42-2)21-15-26)40(29-16-22-32(43-3)23-17-29)38(39-36)35-33-10-6-4-8-27(33)24-28-9-5-7-11-34(28)35/h4-24H,1-3H3. The molecule has 43 heavy (non-hydrogen) atoms. The fraction of sp³-hybridized carbons (Fsp3) is 0.0789. The minimum Gasteiger partial charge on any atom is -0.497 e. The molecule has 0 amide bonds. The molecule has 0 spiro atoms. The first-order valence-electron chi connectivity index (χ1n) is 14.2. The van der Waals surface area contributed by atoms with E-state index in [-0.39, 0.29) is 0 Å². The van der Waals surface area contributed by atoms with Gasteiger partial charge < -0.3 is 14.2 Å². The third kappa shape index (κ3) is 4.65. The first-order valence-corrected chi connectivity index (χ1v) is 14.2. The molecule has 0 saturated carbocycles. The predicted molar refractivity (Wildman–Crippen MR) is 175 cm³/mol. The average Bonchev–Trinajstić information content (AvgIpc) is 3.47. The number of hydrogen-bond donors (Lipinski definition) is 0. The van der Waals surface area contributed by atoms with Crippen LogP contribution in [0.25, 0.3) is 61.1 Å². The summed E-state index contributed by atoms with van der Waals surface area (Å²) < 4.78 is 18.8. The largest absolute Gasteiger partial charge is 0.497 e. The third-order valence-electron chi connectivity index (χ3n) is 7.93. The van der Waals surface area contributed by atoms with E-state index in [1.165, 1.54) is 0 Å². The highest BCUT2D eigenvalue weighted by atomic mass is 16.5. The van der Waals surface area contributed by atoms with Gasteiger partial charge in [-0.05, 0) is 100 Å². The SMILES string of the molecule is COc1ccc(-c2nc(-c3c4ccccc4cc4ccccc34)n(-c3ccc(OC)cc3)c2-c2ccc(OC)cc2)cc1. The highest BCUT2D eigenvalue weighted by molar-refractivity contribution is 6.12. The van der Waals surface area contributed by atoms with Gasteiger partial charge in [0.25, 0.3) is 0 Å². The van der Waals surface area contributed by atoms with Crippen LogP contribution in [0.3, 0.4) is 0 Å². The Morgan fingerprint density at radius 2 is 0.977 bits per heavy atom. The van der Waals surface area contributed by atoms with Crippen molar-refractivity contribution in [3.05, 3.63) is 127 Å². The number of fused-ring (bicyclic) bond motifs is 2. The van der Waals surface area contributed by atoms with Crippen LogP contribution in [-0.2, 0) is 0 Å². The van der Waals surface area contributed by atoms with Crippen LogP contribution in [0.5, 0.6) is 17.2 Å². The Labute approximate surface area is 250 Å². The number of aromatic nitrogens is 2. The van der Waals surface area contributed by atoms with Gasteiger partial charge in [0.2, 0.25) is 0 Å². The molecule has 0 bridgehead atoms. The van der Waals surface area contributed by atoms with E-state index in [0.29, 0.717) is 0 Å². The van der Waals surface area contributed by atoms with Gasteiger partial charge in [0.05, 0.1) is 32.7 Å². The second-order valence-electron chi connectivity index (χ2n) is 10.3. The molecular formula is C38H30N2O3. The maximum Gasteiger partial charge on any atom is 0.147 e. The average molecular weight is 563 g/mol. The second-order valence-corrected chi connectivity index (χ2v) is 10.3. The van der Waals surface area contributed by atoms with E-state index in [0.717, 1.165) is 78.4 Å². The van der Waals surface area contributed by atoms with Crippen LogP contribution in [-0.4, -0.2) is 30.9 Å². The van der Waals surface area contributed by atoms with Crippen molar-refractivity contribution in [2.75, 3.05) is 21.3 Å². The quantitative estimate of drug-likeness (QED) is 0.182. The predicted octanol–water partition coefficient (Wildman–Crippen LogP) is 9.21. The van der Waals surface area contributed by atoms with E-state index < -0.39 is 0 Å². The number of nitrogens with zero attached hydrogens (tertiary/aromatic N) is 2. The molecule has 0 N–H and O–H groups in total. The van der Waals surface area contributed by atoms with E-state index in [2.05, 4.69) is 95.6 Å². The van der Waals surface area contributed by atoms with E-state index in [4.69, 9.17) is 19.2 Å². The van der Waals surface area contributed by atoms with Crippen molar-refractivity contribution in [3.63, 3.8) is 0 Å². The lowest BCUT2D eigenvalue weighted by Gasteiger charge is -2.17. The molecule has 210 valence electrons. The summed E-state index contributed by atoms with van der Waals surface area (Å²) in [5.41, 5.74) is 5.92. The molecule has 0 unspecified atom stereocenters. The zero-order valence-corrected chi connectivity index (χ0v) is 24.2. The summed E-state index contributed by atoms with van der Waals surface area (Å²) >= 11 is 0. The molecule has 0 aliphatic rings. The van der Waals surface area contributed by atoms with Crippen molar-refractivity contribution in [3.8, 4) is 56.8 Å². The first kappa shape index (κ1) is 26.4. The highest BCUT2D eigenvalue weighted by Gasteiger charge is 2.25. The monoisotopic (exact) mass is 562 g/mol. The van der Waals surface area contributed by atoms with Gasteiger partial charge in [-0.3, -0.25) is 4.57 Å². The lowest BCUT2D eigenvalue weighted by molar-refractivity contribution is 0.414. The summed E-state index contributed by atoms with van der Waals surface area (Å²) in [4.78, 5) is 5.50. The zero-order valence-electron chi connectivity index (χ0n) is 24.2. The molecule has 7 rings (SSSR count). The van der Waals surface area contributed by atoms with Gasteiger partial charge in [-0.25, -0.2) is 4.98 Å². The van der Waals surface area contributed by atoms with Gasteiger partial charge in [0.1, 0.15) is 23.1 Å². The summed E-state index contributed by atoms with van der Waals surface area (Å²) in [6.07, 6.45) is 0. The van der Waals surface area contributed by atoms with Crippen molar-refractivity contribution in [2.45, 2.75) is 0 Å². The number of imidazole rings is 1. The molecule has 0 aliphatic carbocycles. The Bertz CT molecular complexity index is 2010. The minimum absolute atomic E-state index is 0.794. The Morgan fingerprint density at radius 1 is 0.512 bits per heavy atom. The third-order valence-corrected chi connectivity index (χ3v) is 7.93. The van der Waals surface area contributed by atoms with Crippen molar-refractivity contribution >= 4 is 21.5 Å². The molecule has 1 aromatic heterocycles. The molecule has 5 nitrogen and oxygen atoms in total. The topological polar surface area (TPSA) is 45.5 Å². The van der Waals surface area contributed by atoms with Crippen LogP contribution in [0.2, 0.25) is 0 Å². The fourth-order valence-electron chi connectivity index (χ4n) is 5.79. The zero-order chi connectivity index (χ0) is 29.3. The highest BCUT2D eigenvalue weighted by Crippen LogP contribution is 2.43. The molecule has 0 atom stereocenters. The number of hydrogen-bond acceptors (Lipinski definition) is 4. The number of benzene rings is 6. The molecular weight excluding hydrogens is 532 g/mol. The van der Waals surface area contributed by atoms with Crippen molar-refractivity contribution in [1.82, 2.24) is 9.55 Å². The van der Waals surface area contributed by atoms with Gasteiger partial charge in [0.15, 0.2) is 0 Å². The summed E-state index contributed by atoms with van der Waals surface area (Å²) in [5, 5.41) is 4.61. The van der Waals surface area contributed by atoms with Gasteiger partial charge in [0, 0.05) is 22.4 Å². The van der Waals surface area contributed by atoms with Crippen LogP contribution >= 0.6 is 0 Å². The smallest absolute Gasteiger partial charge is 0.147 e. The fourth-order valence-corrected chi connectivity index (χ4v) is 5.79. The number of ether oxygens (including phenoxy) is 3. The normalized spacial score (nSPS) is 11.1. The van der Waals surface area contributed by atoms with E-state index >= 15 is 0 Å². The summed E-state index contributed by atoms with van der Waals surface area (Å²) in [6.45, 7) is 0. The summed E-state index contributed by atoms with van der Waals surface area (Å²) in [7, 11) is 5.05. The van der Waals surface area contributed by atoms with Crippen LogP contribution in [0, 0.1) is 0 Å². The molecule has 5 heteroatoms. The molecule has 6 aromatic carbocycles. The van der Waals surface area contributed by atoms with E-state index in [9.17, 15) is 0 Å². The lowest BCUT2D eigenvalue weighted by atomic mass is 9.96. The molecule has 1 heterocycles. The Kier molecular flexibility index (Phi) is 6.76. The molecule has 0 radical (unpaired) electrons. The van der Waals surface area contributed by atoms with Crippen LogP contribution in [0.4, 0.5) is 0 Å². The first-order chi connectivity index (χ1) is 21.2. The van der Waals surface area contributed by atoms with Crippen molar-refractivity contribution in [2.24, 2.45) is 0 Å².